The lowest BCUT2D eigenvalue weighted by molar-refractivity contribution is -0.148. The van der Waals surface area contributed by atoms with E-state index in [0.29, 0.717) is 32.1 Å². The van der Waals surface area contributed by atoms with Crippen molar-refractivity contribution in [1.29, 1.82) is 0 Å². The molecule has 0 heterocycles. The van der Waals surface area contributed by atoms with Crippen LogP contribution in [0.3, 0.4) is 0 Å². The SMILES string of the molecule is CCCCCCC(C1C(=O)CC(C)(C)CC1=O)C1C(=O)CC(C)(C)CC1=O. The van der Waals surface area contributed by atoms with Crippen LogP contribution in [0.25, 0.3) is 0 Å². The number of Topliss-reactive ketones (excluding diaryl/α,β-unsaturated/α-hetero) is 4. The molecule has 0 atom stereocenters. The molecule has 2 rings (SSSR count). The Morgan fingerprint density at radius 3 is 1.41 bits per heavy atom. The molecule has 2 aliphatic carbocycles. The first-order valence-electron chi connectivity index (χ1n) is 10.6. The molecule has 0 spiro atoms. The van der Waals surface area contributed by atoms with Gasteiger partial charge in [-0.2, -0.15) is 0 Å². The van der Waals surface area contributed by atoms with Crippen molar-refractivity contribution in [2.75, 3.05) is 0 Å². The first kappa shape index (κ1) is 22.0. The molecular weight excluding hydrogens is 340 g/mol. The first-order valence-corrected chi connectivity index (χ1v) is 10.6. The molecule has 0 aromatic heterocycles. The number of rotatable bonds is 7. The van der Waals surface area contributed by atoms with Gasteiger partial charge >= 0.3 is 0 Å². The molecule has 0 N–H and O–H groups in total. The lowest BCUT2D eigenvalue weighted by atomic mass is 9.60. The Morgan fingerprint density at radius 2 is 1.07 bits per heavy atom. The fourth-order valence-corrected chi connectivity index (χ4v) is 5.10. The molecule has 0 saturated heterocycles. The zero-order valence-corrected chi connectivity index (χ0v) is 17.7. The number of hydrogen-bond acceptors (Lipinski definition) is 4. The molecule has 0 aromatic rings. The van der Waals surface area contributed by atoms with E-state index in [9.17, 15) is 19.2 Å². The fourth-order valence-electron chi connectivity index (χ4n) is 5.10. The van der Waals surface area contributed by atoms with Crippen LogP contribution in [-0.4, -0.2) is 23.1 Å². The lowest BCUT2D eigenvalue weighted by Crippen LogP contribution is -2.49. The van der Waals surface area contributed by atoms with Gasteiger partial charge in [-0.25, -0.2) is 0 Å². The van der Waals surface area contributed by atoms with Gasteiger partial charge in [0.25, 0.3) is 0 Å². The summed E-state index contributed by atoms with van der Waals surface area (Å²) >= 11 is 0. The van der Waals surface area contributed by atoms with Crippen LogP contribution < -0.4 is 0 Å². The van der Waals surface area contributed by atoms with Crippen LogP contribution in [0.2, 0.25) is 0 Å². The summed E-state index contributed by atoms with van der Waals surface area (Å²) in [5.74, 6) is -2.24. The Hall–Kier alpha value is -1.32. The van der Waals surface area contributed by atoms with Gasteiger partial charge in [-0.15, -0.1) is 0 Å². The quantitative estimate of drug-likeness (QED) is 0.476. The van der Waals surface area contributed by atoms with Crippen molar-refractivity contribution in [3.63, 3.8) is 0 Å². The standard InChI is InChI=1S/C23H36O4/c1-6-7-8-9-10-15(20-16(24)11-22(2,3)12-17(20)25)21-18(26)13-23(4,5)14-19(21)27/h15,20-21H,6-14H2,1-5H3. The number of carbonyl (C=O) groups is 4. The summed E-state index contributed by atoms with van der Waals surface area (Å²) in [4.78, 5) is 51.6. The second kappa shape index (κ2) is 8.36. The van der Waals surface area contributed by atoms with Gasteiger partial charge in [0.15, 0.2) is 0 Å². The molecule has 0 bridgehead atoms. The Labute approximate surface area is 163 Å². The monoisotopic (exact) mass is 376 g/mol. The van der Waals surface area contributed by atoms with Crippen LogP contribution in [0.5, 0.6) is 0 Å². The summed E-state index contributed by atoms with van der Waals surface area (Å²) in [6.45, 7) is 9.89. The Kier molecular flexibility index (Phi) is 6.81. The van der Waals surface area contributed by atoms with Crippen LogP contribution in [0.4, 0.5) is 0 Å². The maximum Gasteiger partial charge on any atom is 0.144 e. The molecule has 27 heavy (non-hydrogen) atoms. The smallest absolute Gasteiger partial charge is 0.144 e. The molecule has 152 valence electrons. The van der Waals surface area contributed by atoms with E-state index in [2.05, 4.69) is 6.92 Å². The summed E-state index contributed by atoms with van der Waals surface area (Å²) < 4.78 is 0. The number of carbonyl (C=O) groups excluding carboxylic acids is 4. The predicted molar refractivity (Wildman–Crippen MR) is 105 cm³/mol. The molecule has 0 aromatic carbocycles. The maximum atomic E-state index is 12.9. The second-order valence-corrected chi connectivity index (χ2v) is 10.4. The van der Waals surface area contributed by atoms with Gasteiger partial charge in [-0.3, -0.25) is 19.2 Å². The molecule has 2 saturated carbocycles. The molecule has 2 aliphatic rings. The summed E-state index contributed by atoms with van der Waals surface area (Å²) in [6.07, 6.45) is 6.09. The van der Waals surface area contributed by atoms with E-state index < -0.39 is 17.8 Å². The highest BCUT2D eigenvalue weighted by Gasteiger charge is 2.51. The molecule has 0 amide bonds. The van der Waals surface area contributed by atoms with Gasteiger partial charge in [0, 0.05) is 25.7 Å². The Morgan fingerprint density at radius 1 is 0.704 bits per heavy atom. The van der Waals surface area contributed by atoms with Crippen LogP contribution >= 0.6 is 0 Å². The van der Waals surface area contributed by atoms with Crippen molar-refractivity contribution in [3.05, 3.63) is 0 Å². The minimum atomic E-state index is -0.765. The third-order valence-corrected chi connectivity index (χ3v) is 6.25. The number of unbranched alkanes of at least 4 members (excludes halogenated alkanes) is 3. The molecule has 0 aliphatic heterocycles. The topological polar surface area (TPSA) is 68.3 Å². The molecule has 0 radical (unpaired) electrons. The third-order valence-electron chi connectivity index (χ3n) is 6.25. The van der Waals surface area contributed by atoms with Crippen LogP contribution in [0.15, 0.2) is 0 Å². The second-order valence-electron chi connectivity index (χ2n) is 10.4. The third kappa shape index (κ3) is 5.36. The normalized spacial score (nSPS) is 24.1. The molecular formula is C23H36O4. The lowest BCUT2D eigenvalue weighted by Gasteiger charge is -2.41. The maximum absolute atomic E-state index is 12.9. The van der Waals surface area contributed by atoms with Crippen molar-refractivity contribution < 1.29 is 19.2 Å². The van der Waals surface area contributed by atoms with E-state index in [1.54, 1.807) is 0 Å². The summed E-state index contributed by atoms with van der Waals surface area (Å²) in [5, 5.41) is 0. The van der Waals surface area contributed by atoms with Crippen molar-refractivity contribution in [2.45, 2.75) is 92.4 Å². The van der Waals surface area contributed by atoms with Crippen LogP contribution in [-0.2, 0) is 19.2 Å². The molecule has 2 fully saturated rings. The van der Waals surface area contributed by atoms with E-state index >= 15 is 0 Å². The summed E-state index contributed by atoms with van der Waals surface area (Å²) in [5.41, 5.74) is -0.639. The van der Waals surface area contributed by atoms with Crippen molar-refractivity contribution in [1.82, 2.24) is 0 Å². The summed E-state index contributed by atoms with van der Waals surface area (Å²) in [7, 11) is 0. The highest BCUT2D eigenvalue weighted by atomic mass is 16.2. The van der Waals surface area contributed by atoms with Gasteiger partial charge in [0.2, 0.25) is 0 Å². The highest BCUT2D eigenvalue weighted by Crippen LogP contribution is 2.44. The summed E-state index contributed by atoms with van der Waals surface area (Å²) in [6, 6.07) is 0. The average Bonchev–Trinajstić information content (AvgIpc) is 2.46. The average molecular weight is 377 g/mol. The van der Waals surface area contributed by atoms with Gasteiger partial charge in [-0.1, -0.05) is 60.3 Å². The van der Waals surface area contributed by atoms with Crippen molar-refractivity contribution in [3.8, 4) is 0 Å². The van der Waals surface area contributed by atoms with E-state index in [1.165, 1.54) is 0 Å². The van der Waals surface area contributed by atoms with Gasteiger partial charge in [-0.05, 0) is 23.2 Å². The van der Waals surface area contributed by atoms with Crippen molar-refractivity contribution in [2.24, 2.45) is 28.6 Å². The Balaban J connectivity index is 2.28. The van der Waals surface area contributed by atoms with Crippen molar-refractivity contribution >= 4 is 23.1 Å². The predicted octanol–water partition coefficient (Wildman–Crippen LogP) is 4.72. The van der Waals surface area contributed by atoms with Gasteiger partial charge < -0.3 is 0 Å². The zero-order chi connectivity index (χ0) is 20.4. The number of hydrogen-bond donors (Lipinski definition) is 0. The van der Waals surface area contributed by atoms with E-state index in [-0.39, 0.29) is 34.0 Å². The molecule has 4 heteroatoms. The van der Waals surface area contributed by atoms with E-state index in [4.69, 9.17) is 0 Å². The largest absolute Gasteiger partial charge is 0.299 e. The van der Waals surface area contributed by atoms with Crippen LogP contribution in [0, 0.1) is 28.6 Å². The highest BCUT2D eigenvalue weighted by molar-refractivity contribution is 6.09. The fraction of sp³-hybridized carbons (Fsp3) is 0.826. The first-order chi connectivity index (χ1) is 12.5. The van der Waals surface area contributed by atoms with Gasteiger partial charge in [0.05, 0.1) is 11.8 Å². The van der Waals surface area contributed by atoms with Crippen LogP contribution in [0.1, 0.15) is 92.4 Å². The molecule has 0 unspecified atom stereocenters. The minimum Gasteiger partial charge on any atom is -0.299 e. The number of ketones is 4. The zero-order valence-electron chi connectivity index (χ0n) is 17.7. The minimum absolute atomic E-state index is 0.0674. The molecule has 4 nitrogen and oxygen atoms in total. The Bertz CT molecular complexity index is 526. The van der Waals surface area contributed by atoms with E-state index in [1.807, 2.05) is 27.7 Å². The van der Waals surface area contributed by atoms with E-state index in [0.717, 1.165) is 25.7 Å². The van der Waals surface area contributed by atoms with Gasteiger partial charge in [0.1, 0.15) is 23.1 Å².